The molecule has 2 aliphatic rings. The molecule has 0 aromatic heterocycles. The molecule has 7 nitrogen and oxygen atoms in total. The van der Waals surface area contributed by atoms with Crippen LogP contribution >= 0.6 is 11.6 Å². The number of benzene rings is 1. The zero-order valence-electron chi connectivity index (χ0n) is 12.8. The van der Waals surface area contributed by atoms with Gasteiger partial charge in [0, 0.05) is 31.0 Å². The highest BCUT2D eigenvalue weighted by Crippen LogP contribution is 2.43. The Morgan fingerprint density at radius 3 is 2.83 bits per heavy atom. The van der Waals surface area contributed by atoms with Gasteiger partial charge in [0.25, 0.3) is 0 Å². The average Bonchev–Trinajstić information content (AvgIpc) is 2.95. The normalized spacial score (nSPS) is 27.8. The minimum absolute atomic E-state index is 0.0169. The summed E-state index contributed by atoms with van der Waals surface area (Å²) < 4.78 is 32.5. The summed E-state index contributed by atoms with van der Waals surface area (Å²) in [4.78, 5) is 11.1. The van der Waals surface area contributed by atoms with E-state index >= 15 is 0 Å². The minimum Gasteiger partial charge on any atom is -0.478 e. The summed E-state index contributed by atoms with van der Waals surface area (Å²) in [5, 5.41) is 18.9. The Labute approximate surface area is 144 Å². The molecule has 132 valence electrons. The lowest BCUT2D eigenvalue weighted by molar-refractivity contribution is -0.0414. The maximum absolute atomic E-state index is 12.9. The van der Waals surface area contributed by atoms with E-state index in [1.165, 1.54) is 16.4 Å². The number of carboxylic acid groups (broad SMARTS) is 1. The molecule has 2 heterocycles. The first-order valence-corrected chi connectivity index (χ1v) is 9.33. The van der Waals surface area contributed by atoms with Crippen LogP contribution in [0.3, 0.4) is 0 Å². The molecule has 2 aliphatic heterocycles. The van der Waals surface area contributed by atoms with Crippen LogP contribution in [0.1, 0.15) is 16.8 Å². The first-order chi connectivity index (χ1) is 11.3. The Balaban J connectivity index is 1.94. The number of aromatic carboxylic acids is 1. The van der Waals surface area contributed by atoms with Crippen molar-refractivity contribution in [1.29, 1.82) is 0 Å². The Kier molecular flexibility index (Phi) is 4.61. The van der Waals surface area contributed by atoms with E-state index in [2.05, 4.69) is 0 Å². The van der Waals surface area contributed by atoms with E-state index in [1.807, 2.05) is 0 Å². The fourth-order valence-electron chi connectivity index (χ4n) is 3.42. The fourth-order valence-corrected chi connectivity index (χ4v) is 5.22. The molecular weight excluding hydrogens is 358 g/mol. The second kappa shape index (κ2) is 6.27. The van der Waals surface area contributed by atoms with Crippen LogP contribution in [0.4, 0.5) is 0 Å². The third-order valence-electron chi connectivity index (χ3n) is 4.97. The first-order valence-electron chi connectivity index (χ1n) is 7.52. The van der Waals surface area contributed by atoms with E-state index in [-0.39, 0.29) is 41.1 Å². The Morgan fingerprint density at radius 2 is 2.21 bits per heavy atom. The molecule has 0 aliphatic carbocycles. The van der Waals surface area contributed by atoms with Gasteiger partial charge >= 0.3 is 5.97 Å². The van der Waals surface area contributed by atoms with Crippen molar-refractivity contribution in [2.24, 2.45) is 11.3 Å². The van der Waals surface area contributed by atoms with Gasteiger partial charge in [-0.2, -0.15) is 4.31 Å². The van der Waals surface area contributed by atoms with Crippen LogP contribution in [0.2, 0.25) is 5.02 Å². The zero-order chi connectivity index (χ0) is 17.5. The summed E-state index contributed by atoms with van der Waals surface area (Å²) in [7, 11) is -3.87. The smallest absolute Gasteiger partial charge is 0.337 e. The summed E-state index contributed by atoms with van der Waals surface area (Å²) in [6, 6.07) is 3.64. The van der Waals surface area contributed by atoms with Crippen molar-refractivity contribution in [1.82, 2.24) is 4.31 Å². The molecule has 3 rings (SSSR count). The maximum Gasteiger partial charge on any atom is 0.337 e. The number of aliphatic hydroxyl groups is 1. The van der Waals surface area contributed by atoms with Gasteiger partial charge in [-0.25, -0.2) is 13.2 Å². The predicted molar refractivity (Wildman–Crippen MR) is 85.6 cm³/mol. The standard InChI is InChI=1S/C15H18ClNO6S/c16-13-2-1-11(5-12(13)14(19)20)24(21,22)17-6-10-7-23-4-3-15(10,8-17)9-18/h1-2,5,10,18H,3-4,6-9H2,(H,19,20)/t10-,15-/m1/s1. The molecule has 0 saturated carbocycles. The summed E-state index contributed by atoms with van der Waals surface area (Å²) in [6.07, 6.45) is 0.598. The number of aliphatic hydroxyl groups excluding tert-OH is 1. The molecule has 0 amide bonds. The summed E-state index contributed by atoms with van der Waals surface area (Å²) in [5.41, 5.74) is -0.748. The van der Waals surface area contributed by atoms with Crippen molar-refractivity contribution in [2.45, 2.75) is 11.3 Å². The van der Waals surface area contributed by atoms with Crippen molar-refractivity contribution in [3.63, 3.8) is 0 Å². The van der Waals surface area contributed by atoms with E-state index in [9.17, 15) is 18.3 Å². The predicted octanol–water partition coefficient (Wildman–Crippen LogP) is 1.06. The van der Waals surface area contributed by atoms with Gasteiger partial charge in [-0.3, -0.25) is 0 Å². The zero-order valence-corrected chi connectivity index (χ0v) is 14.4. The lowest BCUT2D eigenvalue weighted by Crippen LogP contribution is -2.41. The van der Waals surface area contributed by atoms with Crippen LogP contribution in [-0.4, -0.2) is 61.8 Å². The summed E-state index contributed by atoms with van der Waals surface area (Å²) in [6.45, 7) is 1.25. The number of carbonyl (C=O) groups is 1. The van der Waals surface area contributed by atoms with Crippen molar-refractivity contribution >= 4 is 27.6 Å². The Morgan fingerprint density at radius 1 is 1.46 bits per heavy atom. The Bertz CT molecular complexity index is 767. The molecule has 0 unspecified atom stereocenters. The molecule has 24 heavy (non-hydrogen) atoms. The van der Waals surface area contributed by atoms with E-state index in [1.54, 1.807) is 0 Å². The third kappa shape index (κ3) is 2.82. The van der Waals surface area contributed by atoms with Crippen molar-refractivity contribution in [3.8, 4) is 0 Å². The number of hydrogen-bond acceptors (Lipinski definition) is 5. The molecule has 2 saturated heterocycles. The van der Waals surface area contributed by atoms with E-state index in [0.29, 0.717) is 19.6 Å². The second-order valence-corrected chi connectivity index (χ2v) is 8.63. The maximum atomic E-state index is 12.9. The number of rotatable bonds is 4. The van der Waals surface area contributed by atoms with Crippen LogP contribution in [0.5, 0.6) is 0 Å². The molecule has 1 aromatic carbocycles. The number of sulfonamides is 1. The quantitative estimate of drug-likeness (QED) is 0.815. The van der Waals surface area contributed by atoms with Crippen molar-refractivity contribution in [3.05, 3.63) is 28.8 Å². The molecular formula is C15H18ClNO6S. The average molecular weight is 376 g/mol. The first kappa shape index (κ1) is 17.6. The Hall–Kier alpha value is -1.19. The van der Waals surface area contributed by atoms with E-state index in [4.69, 9.17) is 21.4 Å². The minimum atomic E-state index is -3.87. The van der Waals surface area contributed by atoms with Crippen LogP contribution in [0, 0.1) is 11.3 Å². The summed E-state index contributed by atoms with van der Waals surface area (Å²) in [5.74, 6) is -1.36. The second-order valence-electron chi connectivity index (χ2n) is 6.29. The largest absolute Gasteiger partial charge is 0.478 e. The van der Waals surface area contributed by atoms with Crippen molar-refractivity contribution < 1.29 is 28.2 Å². The monoisotopic (exact) mass is 375 g/mol. The number of fused-ring (bicyclic) bond motifs is 1. The van der Waals surface area contributed by atoms with Gasteiger partial charge in [0.1, 0.15) is 0 Å². The molecule has 9 heteroatoms. The van der Waals surface area contributed by atoms with Gasteiger partial charge in [-0.1, -0.05) is 11.6 Å². The van der Waals surface area contributed by atoms with Gasteiger partial charge in [0.15, 0.2) is 0 Å². The topological polar surface area (TPSA) is 104 Å². The number of carboxylic acids is 1. The number of halogens is 1. The van der Waals surface area contributed by atoms with E-state index in [0.717, 1.165) is 6.07 Å². The van der Waals surface area contributed by atoms with Crippen LogP contribution in [-0.2, 0) is 14.8 Å². The molecule has 0 bridgehead atoms. The van der Waals surface area contributed by atoms with Gasteiger partial charge in [0.2, 0.25) is 10.0 Å². The number of nitrogens with zero attached hydrogens (tertiary/aromatic N) is 1. The summed E-state index contributed by atoms with van der Waals surface area (Å²) >= 11 is 5.81. The van der Waals surface area contributed by atoms with Gasteiger partial charge < -0.3 is 14.9 Å². The number of ether oxygens (including phenoxy) is 1. The SMILES string of the molecule is O=C(O)c1cc(S(=O)(=O)N2C[C@@H]3COCC[C@]3(CO)C2)ccc1Cl. The third-order valence-corrected chi connectivity index (χ3v) is 7.10. The molecule has 0 radical (unpaired) electrons. The highest BCUT2D eigenvalue weighted by molar-refractivity contribution is 7.89. The van der Waals surface area contributed by atoms with Gasteiger partial charge in [-0.15, -0.1) is 0 Å². The molecule has 2 atom stereocenters. The molecule has 2 N–H and O–H groups in total. The molecule has 2 fully saturated rings. The van der Waals surface area contributed by atoms with Gasteiger partial charge in [-0.05, 0) is 24.6 Å². The highest BCUT2D eigenvalue weighted by Gasteiger charge is 2.51. The van der Waals surface area contributed by atoms with Crippen LogP contribution in [0.25, 0.3) is 0 Å². The van der Waals surface area contributed by atoms with Crippen LogP contribution < -0.4 is 0 Å². The van der Waals surface area contributed by atoms with Crippen molar-refractivity contribution in [2.75, 3.05) is 32.9 Å². The highest BCUT2D eigenvalue weighted by atomic mass is 35.5. The lowest BCUT2D eigenvalue weighted by atomic mass is 9.75. The molecule has 0 spiro atoms. The van der Waals surface area contributed by atoms with E-state index < -0.39 is 21.4 Å². The lowest BCUT2D eigenvalue weighted by Gasteiger charge is -2.36. The van der Waals surface area contributed by atoms with Gasteiger partial charge in [0.05, 0.1) is 28.7 Å². The molecule has 1 aromatic rings. The number of hydrogen-bond donors (Lipinski definition) is 2. The fraction of sp³-hybridized carbons (Fsp3) is 0.533. The van der Waals surface area contributed by atoms with Crippen LogP contribution in [0.15, 0.2) is 23.1 Å².